The van der Waals surface area contributed by atoms with Crippen molar-refractivity contribution in [3.05, 3.63) is 0 Å². The highest BCUT2D eigenvalue weighted by Crippen LogP contribution is 2.57. The fraction of sp³-hybridized carbons (Fsp3) is 1.00. The minimum Gasteiger partial charge on any atom is -0.0887 e. The van der Waals surface area contributed by atoms with E-state index in [0.29, 0.717) is 0 Å². The largest absolute Gasteiger partial charge is 0.0887 e. The number of hydrogen-bond acceptors (Lipinski definition) is 0. The van der Waals surface area contributed by atoms with E-state index in [9.17, 15) is 0 Å². The number of alkyl halides is 1. The van der Waals surface area contributed by atoms with E-state index >= 15 is 0 Å². The molecule has 2 fully saturated rings. The van der Waals surface area contributed by atoms with Gasteiger partial charge < -0.3 is 0 Å². The smallest absolute Gasteiger partial charge is 0.0182 e. The van der Waals surface area contributed by atoms with Crippen molar-refractivity contribution in [3.8, 4) is 0 Å². The Bertz CT molecular complexity index is 211. The van der Waals surface area contributed by atoms with Gasteiger partial charge in [0.25, 0.3) is 0 Å². The molecule has 0 N–H and O–H groups in total. The van der Waals surface area contributed by atoms with Crippen LogP contribution >= 0.6 is 15.9 Å². The normalized spacial score (nSPS) is 52.7. The predicted molar refractivity (Wildman–Crippen MR) is 65.6 cm³/mol. The summed E-state index contributed by atoms with van der Waals surface area (Å²) in [5.74, 6) is 5.74. The molecule has 0 aromatic carbocycles. The number of fused-ring (bicyclic) bond motifs is 1. The Morgan fingerprint density at radius 2 is 1.57 bits per heavy atom. The minimum absolute atomic E-state index is 0.805. The summed E-state index contributed by atoms with van der Waals surface area (Å²) in [6.07, 6.45) is 2.88. The summed E-state index contributed by atoms with van der Waals surface area (Å²) >= 11 is 3.92. The number of hydrogen-bond donors (Lipinski definition) is 0. The molecule has 6 unspecified atom stereocenters. The summed E-state index contributed by atoms with van der Waals surface area (Å²) in [7, 11) is 0. The van der Waals surface area contributed by atoms with Crippen molar-refractivity contribution in [1.29, 1.82) is 0 Å². The van der Waals surface area contributed by atoms with Crippen LogP contribution in [0.4, 0.5) is 0 Å². The molecule has 14 heavy (non-hydrogen) atoms. The van der Waals surface area contributed by atoms with Crippen molar-refractivity contribution >= 4 is 15.9 Å². The summed E-state index contributed by atoms with van der Waals surface area (Å²) in [6.45, 7) is 9.74. The van der Waals surface area contributed by atoms with Crippen LogP contribution in [0, 0.1) is 35.5 Å². The molecule has 0 aromatic heterocycles. The highest BCUT2D eigenvalue weighted by Gasteiger charge is 2.51. The van der Waals surface area contributed by atoms with E-state index in [1.54, 1.807) is 0 Å². The van der Waals surface area contributed by atoms with Crippen molar-refractivity contribution < 1.29 is 0 Å². The van der Waals surface area contributed by atoms with Crippen molar-refractivity contribution in [2.24, 2.45) is 35.5 Å². The summed E-state index contributed by atoms with van der Waals surface area (Å²) in [4.78, 5) is 0.805. The SMILES string of the molecule is CC(C)C1CC(C)C2C(C)CC(Br)C12. The Morgan fingerprint density at radius 1 is 1.00 bits per heavy atom. The second kappa shape index (κ2) is 3.81. The fourth-order valence-corrected chi connectivity index (χ4v) is 5.58. The Hall–Kier alpha value is 0.480. The third-order valence-corrected chi connectivity index (χ3v) is 5.75. The van der Waals surface area contributed by atoms with Gasteiger partial charge in [-0.2, -0.15) is 0 Å². The molecule has 0 spiro atoms. The van der Waals surface area contributed by atoms with Gasteiger partial charge in [0.05, 0.1) is 0 Å². The zero-order chi connectivity index (χ0) is 10.5. The maximum Gasteiger partial charge on any atom is 0.0182 e. The molecule has 2 saturated carbocycles. The average molecular weight is 259 g/mol. The molecule has 2 rings (SSSR count). The first-order valence-corrected chi connectivity index (χ1v) is 7.08. The van der Waals surface area contributed by atoms with Crippen LogP contribution in [0.5, 0.6) is 0 Å². The van der Waals surface area contributed by atoms with E-state index in [2.05, 4.69) is 43.6 Å². The van der Waals surface area contributed by atoms with E-state index in [4.69, 9.17) is 0 Å². The minimum atomic E-state index is 0.805. The molecule has 6 atom stereocenters. The second-order valence-corrected chi connectivity index (χ2v) is 7.18. The van der Waals surface area contributed by atoms with E-state index in [1.807, 2.05) is 0 Å². The first-order chi connectivity index (χ1) is 6.52. The molecule has 0 amide bonds. The Kier molecular flexibility index (Phi) is 2.99. The molecule has 0 aliphatic heterocycles. The predicted octanol–water partition coefficient (Wildman–Crippen LogP) is 4.33. The molecule has 82 valence electrons. The maximum absolute atomic E-state index is 3.92. The van der Waals surface area contributed by atoms with Crippen LogP contribution in [0.1, 0.15) is 40.5 Å². The topological polar surface area (TPSA) is 0 Å². The van der Waals surface area contributed by atoms with Crippen LogP contribution < -0.4 is 0 Å². The van der Waals surface area contributed by atoms with Gasteiger partial charge >= 0.3 is 0 Å². The van der Waals surface area contributed by atoms with Gasteiger partial charge in [0.15, 0.2) is 0 Å². The third kappa shape index (κ3) is 1.56. The molecule has 0 saturated heterocycles. The summed E-state index contributed by atoms with van der Waals surface area (Å²) in [6, 6.07) is 0. The van der Waals surface area contributed by atoms with Gasteiger partial charge in [0.2, 0.25) is 0 Å². The quantitative estimate of drug-likeness (QED) is 0.615. The lowest BCUT2D eigenvalue weighted by atomic mass is 9.83. The van der Waals surface area contributed by atoms with Gasteiger partial charge in [-0.1, -0.05) is 43.6 Å². The lowest BCUT2D eigenvalue weighted by molar-refractivity contribution is 0.262. The van der Waals surface area contributed by atoms with Crippen molar-refractivity contribution in [1.82, 2.24) is 0 Å². The Balaban J connectivity index is 2.20. The zero-order valence-electron chi connectivity index (χ0n) is 9.83. The van der Waals surface area contributed by atoms with E-state index in [1.165, 1.54) is 12.8 Å². The van der Waals surface area contributed by atoms with E-state index in [0.717, 1.165) is 40.3 Å². The lowest BCUT2D eigenvalue weighted by Gasteiger charge is -2.25. The van der Waals surface area contributed by atoms with Crippen molar-refractivity contribution in [2.75, 3.05) is 0 Å². The van der Waals surface area contributed by atoms with E-state index in [-0.39, 0.29) is 0 Å². The fourth-order valence-electron chi connectivity index (χ4n) is 4.24. The number of halogens is 1. The summed E-state index contributed by atoms with van der Waals surface area (Å²) in [5.41, 5.74) is 0. The number of rotatable bonds is 1. The molecule has 2 aliphatic carbocycles. The van der Waals surface area contributed by atoms with Gasteiger partial charge in [-0.3, -0.25) is 0 Å². The van der Waals surface area contributed by atoms with Gasteiger partial charge in [0.1, 0.15) is 0 Å². The molecule has 0 aromatic rings. The molecule has 0 heterocycles. The molecule has 0 bridgehead atoms. The van der Waals surface area contributed by atoms with Gasteiger partial charge in [-0.05, 0) is 48.3 Å². The van der Waals surface area contributed by atoms with Crippen molar-refractivity contribution in [3.63, 3.8) is 0 Å². The zero-order valence-corrected chi connectivity index (χ0v) is 11.4. The molecule has 2 aliphatic rings. The summed E-state index contributed by atoms with van der Waals surface area (Å²) < 4.78 is 0. The second-order valence-electron chi connectivity index (χ2n) is 6.00. The molecule has 1 heteroatoms. The first-order valence-electron chi connectivity index (χ1n) is 6.16. The Morgan fingerprint density at radius 3 is 2.14 bits per heavy atom. The molecular formula is C13H23Br. The highest BCUT2D eigenvalue weighted by atomic mass is 79.9. The van der Waals surface area contributed by atoms with Crippen molar-refractivity contribution in [2.45, 2.75) is 45.4 Å². The van der Waals surface area contributed by atoms with Gasteiger partial charge in [-0.15, -0.1) is 0 Å². The average Bonchev–Trinajstić information content (AvgIpc) is 2.54. The highest BCUT2D eigenvalue weighted by molar-refractivity contribution is 9.09. The van der Waals surface area contributed by atoms with Crippen LogP contribution in [0.2, 0.25) is 0 Å². The van der Waals surface area contributed by atoms with Crippen LogP contribution in [0.25, 0.3) is 0 Å². The van der Waals surface area contributed by atoms with Crippen LogP contribution in [-0.4, -0.2) is 4.83 Å². The Labute approximate surface area is 97.0 Å². The van der Waals surface area contributed by atoms with Gasteiger partial charge in [0, 0.05) is 4.83 Å². The maximum atomic E-state index is 3.92. The monoisotopic (exact) mass is 258 g/mol. The van der Waals surface area contributed by atoms with Crippen LogP contribution in [0.3, 0.4) is 0 Å². The van der Waals surface area contributed by atoms with Crippen LogP contribution in [0.15, 0.2) is 0 Å². The summed E-state index contributed by atoms with van der Waals surface area (Å²) in [5, 5.41) is 0. The third-order valence-electron chi connectivity index (χ3n) is 4.77. The lowest BCUT2D eigenvalue weighted by Crippen LogP contribution is -2.22. The first kappa shape index (κ1) is 11.0. The van der Waals surface area contributed by atoms with Gasteiger partial charge in [-0.25, -0.2) is 0 Å². The van der Waals surface area contributed by atoms with Crippen LogP contribution in [-0.2, 0) is 0 Å². The molecular weight excluding hydrogens is 236 g/mol. The molecule has 0 radical (unpaired) electrons. The standard InChI is InChI=1S/C13H23Br/c1-7(2)10-5-8(3)12-9(4)6-11(14)13(10)12/h7-13H,5-6H2,1-4H3. The molecule has 0 nitrogen and oxygen atoms in total. The van der Waals surface area contributed by atoms with E-state index < -0.39 is 0 Å².